The van der Waals surface area contributed by atoms with Crippen LogP contribution in [0.1, 0.15) is 78.6 Å². The molecule has 0 aromatic heterocycles. The molecule has 0 fully saturated rings. The molecule has 23 heteroatoms. The van der Waals surface area contributed by atoms with Gasteiger partial charge in [-0.1, -0.05) is 46.1 Å². The Morgan fingerprint density at radius 2 is 0.800 bits per heavy atom. The lowest BCUT2D eigenvalue weighted by Gasteiger charge is -2.47. The van der Waals surface area contributed by atoms with E-state index < -0.39 is 123 Å². The van der Waals surface area contributed by atoms with Gasteiger partial charge < -0.3 is 21.2 Å². The highest BCUT2D eigenvalue weighted by Gasteiger charge is 2.54. The maximum atomic E-state index is 13.8. The molecule has 0 aromatic rings. The Hall–Kier alpha value is -0.706. The summed E-state index contributed by atoms with van der Waals surface area (Å²) in [6, 6.07) is -2.38. The van der Waals surface area contributed by atoms with Crippen LogP contribution >= 0.6 is 0 Å². The summed E-state index contributed by atoms with van der Waals surface area (Å²) in [5.74, 6) is -0.768. The largest absolute Gasteiger partial charge is 0.462 e. The van der Waals surface area contributed by atoms with Crippen molar-refractivity contribution in [3.8, 4) is 0 Å². The molecule has 0 N–H and O–H groups in total. The molecule has 0 aliphatic rings. The first-order chi connectivity index (χ1) is 24.6. The van der Waals surface area contributed by atoms with Gasteiger partial charge in [0, 0.05) is 31.3 Å². The monoisotopic (exact) mass is 908 g/mol. The van der Waals surface area contributed by atoms with Gasteiger partial charge in [-0.25, -0.2) is 4.79 Å². The van der Waals surface area contributed by atoms with E-state index in [0.717, 1.165) is 0 Å². The molecule has 0 spiro atoms. The number of hydrogen-bond donors (Lipinski definition) is 0. The van der Waals surface area contributed by atoms with E-state index in [2.05, 4.69) is 6.58 Å². The highest BCUT2D eigenvalue weighted by atomic mass is 28.5. The Balaban J connectivity index is 7.36. The molecule has 4 atom stereocenters. The molecule has 0 rings (SSSR count). The maximum absolute atomic E-state index is 13.8. The summed E-state index contributed by atoms with van der Waals surface area (Å²) in [5.41, 5.74) is 0.0546. The van der Waals surface area contributed by atoms with Crippen molar-refractivity contribution in [1.82, 2.24) is 0 Å². The average molecular weight is 909 g/mol. The van der Waals surface area contributed by atoms with Gasteiger partial charge in [-0.05, 0) is 88.4 Å². The van der Waals surface area contributed by atoms with Crippen molar-refractivity contribution in [3.05, 3.63) is 12.2 Å². The minimum atomic E-state index is -4.74. The second kappa shape index (κ2) is 22.1. The normalized spacial score (nSPS) is 18.8. The van der Waals surface area contributed by atoms with Crippen molar-refractivity contribution >= 4 is 48.3 Å². The van der Waals surface area contributed by atoms with Gasteiger partial charge in [-0.2, -0.15) is 52.7 Å². The van der Waals surface area contributed by atoms with Gasteiger partial charge in [0.15, 0.2) is 16.6 Å². The number of esters is 1. The predicted octanol–water partition coefficient (Wildman–Crippen LogP) is 13.3. The van der Waals surface area contributed by atoms with E-state index in [1.807, 2.05) is 0 Å². The minimum absolute atomic E-state index is 0.0546. The average Bonchev–Trinajstić information content (AvgIpc) is 3.00. The van der Waals surface area contributed by atoms with Gasteiger partial charge in [0.2, 0.25) is 0 Å². The molecule has 0 aromatic carbocycles. The van der Waals surface area contributed by atoms with Crippen LogP contribution in [0.25, 0.3) is 0 Å². The fourth-order valence-corrected chi connectivity index (χ4v) is 34.1. The molecule has 55 heavy (non-hydrogen) atoms. The molecule has 0 saturated heterocycles. The molecule has 6 nitrogen and oxygen atoms in total. The zero-order chi connectivity index (χ0) is 43.2. The molecule has 328 valence electrons. The summed E-state index contributed by atoms with van der Waals surface area (Å²) in [5, 5.41) is 0. The van der Waals surface area contributed by atoms with Gasteiger partial charge in [-0.15, -0.1) is 0 Å². The van der Waals surface area contributed by atoms with E-state index >= 15 is 0 Å². The first-order valence-electron chi connectivity index (χ1n) is 18.5. The van der Waals surface area contributed by atoms with E-state index in [-0.39, 0.29) is 36.7 Å². The highest BCUT2D eigenvalue weighted by molar-refractivity contribution is 6.91. The van der Waals surface area contributed by atoms with Crippen molar-refractivity contribution in [3.63, 3.8) is 0 Å². The molecule has 0 aliphatic heterocycles. The number of unbranched alkanes of at least 4 members (excludes halogenated alkanes) is 2. The summed E-state index contributed by atoms with van der Waals surface area (Å²) in [6.45, 7) is 15.1. The lowest BCUT2D eigenvalue weighted by molar-refractivity contribution is -0.139. The molecule has 0 amide bonds. The topological polar surface area (TPSA) is 63.2 Å². The van der Waals surface area contributed by atoms with Crippen molar-refractivity contribution in [2.45, 2.75) is 178 Å². The first-order valence-corrected chi connectivity index (χ1v) is 31.7. The van der Waals surface area contributed by atoms with Crippen LogP contribution in [0.3, 0.4) is 0 Å². The van der Waals surface area contributed by atoms with E-state index in [0.29, 0.717) is 25.7 Å². The second-order valence-electron chi connectivity index (χ2n) is 15.4. The SMILES string of the molecule is C=C(C)C(=O)OCCC[Si](C)(O[Si](C)(CCC(F)(F)F)O[Si](C)(CCCC)CCC(F)(F)F)O[Si](C)(CCC(F)(F)F)O[Si](C)(CCCC)CCC(F)(F)F. The van der Waals surface area contributed by atoms with Crippen LogP contribution in [-0.4, -0.2) is 79.6 Å². The van der Waals surface area contributed by atoms with E-state index in [4.69, 9.17) is 21.2 Å². The van der Waals surface area contributed by atoms with Crippen molar-refractivity contribution in [2.75, 3.05) is 6.61 Å². The fraction of sp³-hybridized carbons (Fsp3) is 0.906. The third-order valence-electron chi connectivity index (χ3n) is 8.86. The summed E-state index contributed by atoms with van der Waals surface area (Å²) < 4.78 is 195. The Morgan fingerprint density at radius 1 is 0.491 bits per heavy atom. The summed E-state index contributed by atoms with van der Waals surface area (Å²) in [7, 11) is -19.7. The molecule has 4 unspecified atom stereocenters. The Labute approximate surface area is 323 Å². The van der Waals surface area contributed by atoms with Crippen LogP contribution < -0.4 is 0 Å². The van der Waals surface area contributed by atoms with Gasteiger partial charge in [-0.3, -0.25) is 0 Å². The van der Waals surface area contributed by atoms with Crippen LogP contribution in [0.15, 0.2) is 12.2 Å². The Kier molecular flexibility index (Phi) is 21.8. The van der Waals surface area contributed by atoms with Crippen LogP contribution in [0.5, 0.6) is 0 Å². The van der Waals surface area contributed by atoms with Crippen LogP contribution in [0, 0.1) is 0 Å². The molecule has 0 bridgehead atoms. The third-order valence-corrected chi connectivity index (χ3v) is 32.2. The van der Waals surface area contributed by atoms with Crippen molar-refractivity contribution < 1.29 is 78.7 Å². The van der Waals surface area contributed by atoms with Gasteiger partial charge in [0.1, 0.15) is 0 Å². The Bertz CT molecular complexity index is 1110. The number of ether oxygens (including phenoxy) is 1. The molecule has 0 heterocycles. The second-order valence-corrected chi connectivity index (χ2v) is 34.8. The standard InChI is InChI=1S/C32H60F12O6Si5/c1-10-12-20-51(5,23-15-29(33,34)35)47-54(8,25-17-31(39,40)41)49-53(7,22-14-19-46-28(45)27(3)4)50-55(9,26-18-32(42,43)44)48-52(6,21-13-11-2)24-16-30(36,37)38/h3,10-26H2,1-2,4-9H3. The lowest BCUT2D eigenvalue weighted by Crippen LogP contribution is -2.62. The number of carbonyl (C=O) groups excluding carboxylic acids is 1. The molecular weight excluding hydrogens is 849 g/mol. The zero-order valence-corrected chi connectivity index (χ0v) is 38.2. The summed E-state index contributed by atoms with van der Waals surface area (Å²) >= 11 is 0. The molecule has 0 saturated carbocycles. The number of hydrogen-bond acceptors (Lipinski definition) is 6. The molecular formula is C32H60F12O6Si5. The van der Waals surface area contributed by atoms with Gasteiger partial charge in [0.25, 0.3) is 0 Å². The first kappa shape index (κ1) is 54.3. The zero-order valence-electron chi connectivity index (χ0n) is 33.2. The minimum Gasteiger partial charge on any atom is -0.462 e. The smallest absolute Gasteiger partial charge is 0.389 e. The number of halogens is 12. The number of rotatable bonds is 27. The van der Waals surface area contributed by atoms with Crippen LogP contribution in [0.2, 0.25) is 75.0 Å². The van der Waals surface area contributed by atoms with E-state index in [9.17, 15) is 57.5 Å². The van der Waals surface area contributed by atoms with E-state index in [1.54, 1.807) is 13.8 Å². The highest BCUT2D eigenvalue weighted by Crippen LogP contribution is 2.41. The molecule has 0 aliphatic carbocycles. The van der Waals surface area contributed by atoms with Crippen molar-refractivity contribution in [1.29, 1.82) is 0 Å². The van der Waals surface area contributed by atoms with Gasteiger partial charge in [0.05, 0.1) is 6.61 Å². The maximum Gasteiger partial charge on any atom is 0.389 e. The number of alkyl halides is 12. The summed E-state index contributed by atoms with van der Waals surface area (Å²) in [4.78, 5) is 12.1. The van der Waals surface area contributed by atoms with Crippen molar-refractivity contribution in [2.24, 2.45) is 0 Å². The van der Waals surface area contributed by atoms with E-state index in [1.165, 1.54) is 39.7 Å². The fourth-order valence-electron chi connectivity index (χ4n) is 6.11. The predicted molar refractivity (Wildman–Crippen MR) is 199 cm³/mol. The Morgan fingerprint density at radius 3 is 1.09 bits per heavy atom. The van der Waals surface area contributed by atoms with Crippen LogP contribution in [0.4, 0.5) is 52.7 Å². The van der Waals surface area contributed by atoms with Gasteiger partial charge >= 0.3 is 56.4 Å². The molecule has 0 radical (unpaired) electrons. The number of carbonyl (C=O) groups is 1. The lowest BCUT2D eigenvalue weighted by atomic mass is 10.4. The third kappa shape index (κ3) is 26.1. The quantitative estimate of drug-likeness (QED) is 0.0269. The van der Waals surface area contributed by atoms with Crippen LogP contribution in [-0.2, 0) is 26.0 Å². The summed E-state index contributed by atoms with van der Waals surface area (Å²) in [6.07, 6.45) is -22.2.